The molecule has 0 aliphatic heterocycles. The van der Waals surface area contributed by atoms with Gasteiger partial charge in [0.1, 0.15) is 31.8 Å². The fraction of sp³-hybridized carbons (Fsp3) is 0.200. The first-order valence-corrected chi connectivity index (χ1v) is 11.6. The fourth-order valence-electron chi connectivity index (χ4n) is 4.22. The van der Waals surface area contributed by atoms with E-state index in [1.165, 1.54) is 16.0 Å². The molecule has 4 aromatic rings. The standard InChI is InChI=1S/C30H31NO2/c32-29(24-33-30(27-17-9-3-10-18-27)28-19-11-4-12-20-28)23-31(21-25-13-5-1-6-14-25)22-26-15-7-2-8-16-26/h1-20,29-30,32H,21-24H2/p+1/t29-/m1/s1. The fourth-order valence-corrected chi connectivity index (χ4v) is 4.22. The molecule has 0 amide bonds. The van der Waals surface area contributed by atoms with E-state index in [0.29, 0.717) is 6.54 Å². The Balaban J connectivity index is 1.43. The molecule has 0 spiro atoms. The predicted molar refractivity (Wildman–Crippen MR) is 133 cm³/mol. The van der Waals surface area contributed by atoms with Gasteiger partial charge in [-0.2, -0.15) is 0 Å². The Labute approximate surface area is 196 Å². The molecule has 0 unspecified atom stereocenters. The molecule has 4 aromatic carbocycles. The highest BCUT2D eigenvalue weighted by Crippen LogP contribution is 2.25. The molecule has 0 fully saturated rings. The monoisotopic (exact) mass is 438 g/mol. The lowest BCUT2D eigenvalue weighted by Crippen LogP contribution is -3.10. The van der Waals surface area contributed by atoms with Gasteiger partial charge in [-0.3, -0.25) is 0 Å². The van der Waals surface area contributed by atoms with Crippen LogP contribution < -0.4 is 4.90 Å². The molecule has 3 heteroatoms. The second-order valence-corrected chi connectivity index (χ2v) is 8.47. The van der Waals surface area contributed by atoms with Crippen LogP contribution in [-0.4, -0.2) is 24.4 Å². The number of hydrogen-bond donors (Lipinski definition) is 2. The van der Waals surface area contributed by atoms with E-state index in [1.807, 2.05) is 48.5 Å². The van der Waals surface area contributed by atoms with Gasteiger partial charge in [0.05, 0.1) is 6.61 Å². The Morgan fingerprint density at radius 1 is 0.576 bits per heavy atom. The third-order valence-corrected chi connectivity index (χ3v) is 5.78. The molecule has 168 valence electrons. The highest BCUT2D eigenvalue weighted by atomic mass is 16.5. The van der Waals surface area contributed by atoms with Gasteiger partial charge in [0.15, 0.2) is 0 Å². The first kappa shape index (κ1) is 22.9. The van der Waals surface area contributed by atoms with Gasteiger partial charge in [0, 0.05) is 11.1 Å². The quantitative estimate of drug-likeness (QED) is 0.363. The van der Waals surface area contributed by atoms with Crippen molar-refractivity contribution in [1.29, 1.82) is 0 Å². The molecule has 0 saturated heterocycles. The number of ether oxygens (including phenoxy) is 1. The molecular formula is C30H32NO2+. The van der Waals surface area contributed by atoms with Gasteiger partial charge in [-0.25, -0.2) is 0 Å². The summed E-state index contributed by atoms with van der Waals surface area (Å²) in [4.78, 5) is 1.31. The average molecular weight is 439 g/mol. The van der Waals surface area contributed by atoms with Gasteiger partial charge in [-0.15, -0.1) is 0 Å². The van der Waals surface area contributed by atoms with E-state index in [1.54, 1.807) is 0 Å². The van der Waals surface area contributed by atoms with Crippen molar-refractivity contribution in [3.63, 3.8) is 0 Å². The van der Waals surface area contributed by atoms with E-state index in [9.17, 15) is 5.11 Å². The number of aliphatic hydroxyl groups excluding tert-OH is 1. The van der Waals surface area contributed by atoms with E-state index in [-0.39, 0.29) is 12.7 Å². The van der Waals surface area contributed by atoms with E-state index in [4.69, 9.17) is 4.74 Å². The van der Waals surface area contributed by atoms with E-state index in [0.717, 1.165) is 24.2 Å². The summed E-state index contributed by atoms with van der Waals surface area (Å²) in [5.41, 5.74) is 4.72. The lowest BCUT2D eigenvalue weighted by Gasteiger charge is -2.25. The molecule has 0 saturated carbocycles. The minimum Gasteiger partial charge on any atom is -0.385 e. The van der Waals surface area contributed by atoms with Crippen molar-refractivity contribution in [3.05, 3.63) is 144 Å². The maximum Gasteiger partial charge on any atom is 0.126 e. The van der Waals surface area contributed by atoms with Gasteiger partial charge < -0.3 is 14.7 Å². The molecule has 33 heavy (non-hydrogen) atoms. The number of nitrogens with one attached hydrogen (secondary N) is 1. The smallest absolute Gasteiger partial charge is 0.126 e. The second-order valence-electron chi connectivity index (χ2n) is 8.47. The van der Waals surface area contributed by atoms with Gasteiger partial charge in [-0.05, 0) is 11.1 Å². The van der Waals surface area contributed by atoms with Crippen molar-refractivity contribution in [2.45, 2.75) is 25.3 Å². The Morgan fingerprint density at radius 2 is 0.970 bits per heavy atom. The Morgan fingerprint density at radius 3 is 1.39 bits per heavy atom. The Bertz CT molecular complexity index is 974. The van der Waals surface area contributed by atoms with Crippen LogP contribution in [-0.2, 0) is 17.8 Å². The number of rotatable bonds is 11. The van der Waals surface area contributed by atoms with E-state index in [2.05, 4.69) is 72.8 Å². The molecular weight excluding hydrogens is 406 g/mol. The summed E-state index contributed by atoms with van der Waals surface area (Å²) < 4.78 is 6.31. The molecule has 0 heterocycles. The molecule has 0 aromatic heterocycles. The maximum atomic E-state index is 11.0. The molecule has 3 nitrogen and oxygen atoms in total. The van der Waals surface area contributed by atoms with Gasteiger partial charge in [0.2, 0.25) is 0 Å². The van der Waals surface area contributed by atoms with Crippen LogP contribution in [0.15, 0.2) is 121 Å². The maximum absolute atomic E-state index is 11.0. The summed E-state index contributed by atoms with van der Waals surface area (Å²) in [6.07, 6.45) is -0.768. The Hall–Kier alpha value is -3.24. The number of quaternary nitrogens is 1. The summed E-state index contributed by atoms with van der Waals surface area (Å²) in [7, 11) is 0. The van der Waals surface area contributed by atoms with E-state index < -0.39 is 6.10 Å². The first-order chi connectivity index (χ1) is 16.3. The molecule has 2 N–H and O–H groups in total. The molecule has 0 bridgehead atoms. The number of aliphatic hydroxyl groups is 1. The molecule has 0 aliphatic rings. The topological polar surface area (TPSA) is 33.9 Å². The van der Waals surface area contributed by atoms with Gasteiger partial charge >= 0.3 is 0 Å². The minimum atomic E-state index is -0.567. The molecule has 0 radical (unpaired) electrons. The highest BCUT2D eigenvalue weighted by Gasteiger charge is 2.20. The molecule has 1 atom stereocenters. The zero-order valence-electron chi connectivity index (χ0n) is 18.9. The zero-order valence-corrected chi connectivity index (χ0v) is 18.9. The van der Waals surface area contributed by atoms with Crippen LogP contribution in [0.2, 0.25) is 0 Å². The van der Waals surface area contributed by atoms with Crippen molar-refractivity contribution in [2.24, 2.45) is 0 Å². The van der Waals surface area contributed by atoms with Gasteiger partial charge in [0.25, 0.3) is 0 Å². The van der Waals surface area contributed by atoms with Crippen LogP contribution in [0.5, 0.6) is 0 Å². The Kier molecular flexibility index (Phi) is 8.42. The minimum absolute atomic E-state index is 0.200. The summed E-state index contributed by atoms with van der Waals surface area (Å²) in [6, 6.07) is 41.4. The van der Waals surface area contributed by atoms with Crippen LogP contribution >= 0.6 is 0 Å². The highest BCUT2D eigenvalue weighted by molar-refractivity contribution is 5.29. The lowest BCUT2D eigenvalue weighted by atomic mass is 10.0. The third kappa shape index (κ3) is 7.13. The first-order valence-electron chi connectivity index (χ1n) is 11.6. The van der Waals surface area contributed by atoms with Crippen LogP contribution in [0.3, 0.4) is 0 Å². The lowest BCUT2D eigenvalue weighted by molar-refractivity contribution is -0.930. The van der Waals surface area contributed by atoms with Gasteiger partial charge in [-0.1, -0.05) is 121 Å². The normalized spacial score (nSPS) is 12.2. The van der Waals surface area contributed by atoms with Crippen LogP contribution in [0.25, 0.3) is 0 Å². The summed E-state index contributed by atoms with van der Waals surface area (Å²) >= 11 is 0. The summed E-state index contributed by atoms with van der Waals surface area (Å²) in [6.45, 7) is 2.60. The molecule has 0 aliphatic carbocycles. The largest absolute Gasteiger partial charge is 0.385 e. The SMILES string of the molecule is O[C@@H](COC(c1ccccc1)c1ccccc1)C[NH+](Cc1ccccc1)Cc1ccccc1. The molecule has 4 rings (SSSR count). The van der Waals surface area contributed by atoms with Crippen LogP contribution in [0, 0.1) is 0 Å². The van der Waals surface area contributed by atoms with Crippen molar-refractivity contribution in [2.75, 3.05) is 13.2 Å². The predicted octanol–water partition coefficient (Wildman–Crippen LogP) is 4.44. The van der Waals surface area contributed by atoms with Crippen molar-refractivity contribution in [1.82, 2.24) is 0 Å². The van der Waals surface area contributed by atoms with Crippen molar-refractivity contribution >= 4 is 0 Å². The third-order valence-electron chi connectivity index (χ3n) is 5.78. The summed E-state index contributed by atoms with van der Waals surface area (Å²) in [5.74, 6) is 0. The van der Waals surface area contributed by atoms with Crippen LogP contribution in [0.1, 0.15) is 28.4 Å². The average Bonchev–Trinajstić information content (AvgIpc) is 2.87. The number of hydrogen-bond acceptors (Lipinski definition) is 2. The summed E-state index contributed by atoms with van der Waals surface area (Å²) in [5, 5.41) is 11.0. The zero-order chi connectivity index (χ0) is 22.7. The van der Waals surface area contributed by atoms with Crippen molar-refractivity contribution in [3.8, 4) is 0 Å². The number of benzene rings is 4. The second kappa shape index (κ2) is 12.1. The van der Waals surface area contributed by atoms with Crippen molar-refractivity contribution < 1.29 is 14.7 Å². The van der Waals surface area contributed by atoms with Crippen LogP contribution in [0.4, 0.5) is 0 Å². The van der Waals surface area contributed by atoms with E-state index >= 15 is 0 Å².